The fourth-order valence-electron chi connectivity index (χ4n) is 2.50. The van der Waals surface area contributed by atoms with E-state index in [0.717, 1.165) is 31.5 Å². The molecule has 0 aliphatic heterocycles. The smallest absolute Gasteiger partial charge is 0.0804 e. The number of hydrogen-bond donors (Lipinski definition) is 1. The van der Waals surface area contributed by atoms with Crippen LogP contribution in [0.1, 0.15) is 61.4 Å². The molecule has 0 amide bonds. The second-order valence-corrected chi connectivity index (χ2v) is 6.10. The van der Waals surface area contributed by atoms with E-state index in [0.29, 0.717) is 0 Å². The lowest BCUT2D eigenvalue weighted by Crippen LogP contribution is -2.23. The Labute approximate surface area is 132 Å². The third kappa shape index (κ3) is 4.11. The Balaban J connectivity index is 2.26. The van der Waals surface area contributed by atoms with Gasteiger partial charge in [-0.25, -0.2) is 0 Å². The molecule has 1 aromatic carbocycles. The van der Waals surface area contributed by atoms with Gasteiger partial charge in [-0.3, -0.25) is 0 Å². The number of nitrogens with zero attached hydrogens (tertiary/aromatic N) is 2. The van der Waals surface area contributed by atoms with Gasteiger partial charge in [0.15, 0.2) is 0 Å². The molecule has 3 nitrogen and oxygen atoms in total. The van der Waals surface area contributed by atoms with Crippen molar-refractivity contribution in [1.82, 2.24) is 14.9 Å². The summed E-state index contributed by atoms with van der Waals surface area (Å²) in [7, 11) is 0. The van der Waals surface area contributed by atoms with E-state index in [2.05, 4.69) is 59.9 Å². The molecule has 4 heteroatoms. The Kier molecular flexibility index (Phi) is 6.33. The molecule has 0 fully saturated rings. The molecular weight excluding hydrogens is 278 g/mol. The van der Waals surface area contributed by atoms with Crippen LogP contribution in [0.2, 0.25) is 0 Å². The van der Waals surface area contributed by atoms with Crippen molar-refractivity contribution in [3.63, 3.8) is 0 Å². The summed E-state index contributed by atoms with van der Waals surface area (Å²) in [5.74, 6) is 0. The summed E-state index contributed by atoms with van der Waals surface area (Å²) in [5, 5.41) is 7.91. The molecule has 1 heterocycles. The Morgan fingerprint density at radius 3 is 2.48 bits per heavy atom. The van der Waals surface area contributed by atoms with Gasteiger partial charge in [0.25, 0.3) is 0 Å². The molecule has 0 saturated heterocycles. The number of benzene rings is 1. The summed E-state index contributed by atoms with van der Waals surface area (Å²) in [6.07, 6.45) is 4.40. The first-order valence-electron chi connectivity index (χ1n) is 7.93. The molecule has 21 heavy (non-hydrogen) atoms. The highest BCUT2D eigenvalue weighted by Gasteiger charge is 2.19. The van der Waals surface area contributed by atoms with Crippen molar-refractivity contribution in [1.29, 1.82) is 0 Å². The van der Waals surface area contributed by atoms with Crippen molar-refractivity contribution < 1.29 is 0 Å². The van der Waals surface area contributed by atoms with Gasteiger partial charge in [-0.05, 0) is 48.5 Å². The molecule has 114 valence electrons. The molecule has 0 spiro atoms. The van der Waals surface area contributed by atoms with Gasteiger partial charge in [0.2, 0.25) is 0 Å². The number of rotatable bonds is 8. The predicted octanol–water partition coefficient (Wildman–Crippen LogP) is 4.14. The molecule has 0 saturated carbocycles. The number of aromatic nitrogens is 2. The zero-order valence-corrected chi connectivity index (χ0v) is 14.0. The van der Waals surface area contributed by atoms with Crippen LogP contribution in [0.15, 0.2) is 24.3 Å². The second kappa shape index (κ2) is 8.25. The van der Waals surface area contributed by atoms with Crippen LogP contribution in [0.25, 0.3) is 0 Å². The van der Waals surface area contributed by atoms with Gasteiger partial charge in [0.1, 0.15) is 0 Å². The first-order chi connectivity index (χ1) is 10.3. The van der Waals surface area contributed by atoms with Crippen molar-refractivity contribution in [3.8, 4) is 0 Å². The fourth-order valence-corrected chi connectivity index (χ4v) is 3.34. The van der Waals surface area contributed by atoms with Crippen LogP contribution in [0.4, 0.5) is 0 Å². The molecule has 2 rings (SSSR count). The number of aryl methyl sites for hydroxylation is 2. The van der Waals surface area contributed by atoms with Gasteiger partial charge in [-0.15, -0.1) is 5.10 Å². The van der Waals surface area contributed by atoms with Gasteiger partial charge >= 0.3 is 0 Å². The Bertz CT molecular complexity index is 533. The molecule has 1 aromatic heterocycles. The minimum atomic E-state index is 0.218. The maximum atomic E-state index is 4.26. The van der Waals surface area contributed by atoms with E-state index in [1.807, 2.05) is 0 Å². The molecule has 1 N–H and O–H groups in total. The minimum absolute atomic E-state index is 0.218. The lowest BCUT2D eigenvalue weighted by molar-refractivity contribution is 0.600. The number of hydrogen-bond acceptors (Lipinski definition) is 4. The molecule has 1 unspecified atom stereocenters. The van der Waals surface area contributed by atoms with E-state index in [9.17, 15) is 0 Å². The van der Waals surface area contributed by atoms with Crippen LogP contribution in [0.3, 0.4) is 0 Å². The van der Waals surface area contributed by atoms with Crippen molar-refractivity contribution in [2.45, 2.75) is 52.5 Å². The fraction of sp³-hybridized carbons (Fsp3) is 0.529. The van der Waals surface area contributed by atoms with Crippen LogP contribution in [-0.2, 0) is 12.8 Å². The molecule has 0 aliphatic carbocycles. The molecule has 2 aromatic rings. The molecular formula is C17H25N3S. The average molecular weight is 303 g/mol. The summed E-state index contributed by atoms with van der Waals surface area (Å²) < 4.78 is 4.15. The highest BCUT2D eigenvalue weighted by atomic mass is 32.1. The van der Waals surface area contributed by atoms with Crippen LogP contribution < -0.4 is 5.32 Å². The van der Waals surface area contributed by atoms with Gasteiger partial charge < -0.3 is 5.32 Å². The summed E-state index contributed by atoms with van der Waals surface area (Å²) in [6, 6.07) is 9.21. The Hall–Kier alpha value is -1.26. The van der Waals surface area contributed by atoms with Crippen molar-refractivity contribution in [2.24, 2.45) is 0 Å². The van der Waals surface area contributed by atoms with Crippen molar-refractivity contribution >= 4 is 11.5 Å². The van der Waals surface area contributed by atoms with Crippen LogP contribution in [0.5, 0.6) is 0 Å². The molecule has 0 radical (unpaired) electrons. The number of nitrogens with one attached hydrogen (secondary N) is 1. The van der Waals surface area contributed by atoms with E-state index in [-0.39, 0.29) is 6.04 Å². The minimum Gasteiger partial charge on any atom is -0.305 e. The van der Waals surface area contributed by atoms with E-state index in [4.69, 9.17) is 0 Å². The zero-order valence-electron chi connectivity index (χ0n) is 13.2. The molecule has 0 bridgehead atoms. The van der Waals surface area contributed by atoms with Gasteiger partial charge in [0.05, 0.1) is 16.6 Å². The van der Waals surface area contributed by atoms with E-state index in [1.165, 1.54) is 34.0 Å². The summed E-state index contributed by atoms with van der Waals surface area (Å²) in [5.41, 5.74) is 3.84. The lowest BCUT2D eigenvalue weighted by Gasteiger charge is -2.18. The monoisotopic (exact) mass is 303 g/mol. The molecule has 1 atom stereocenters. The van der Waals surface area contributed by atoms with E-state index in [1.54, 1.807) is 0 Å². The van der Waals surface area contributed by atoms with E-state index < -0.39 is 0 Å². The first kappa shape index (κ1) is 16.1. The topological polar surface area (TPSA) is 37.8 Å². The van der Waals surface area contributed by atoms with Gasteiger partial charge in [-0.2, -0.15) is 0 Å². The van der Waals surface area contributed by atoms with Crippen LogP contribution >= 0.6 is 11.5 Å². The summed E-state index contributed by atoms with van der Waals surface area (Å²) in [4.78, 5) is 1.26. The predicted molar refractivity (Wildman–Crippen MR) is 89.9 cm³/mol. The van der Waals surface area contributed by atoms with Crippen molar-refractivity contribution in [2.75, 3.05) is 6.54 Å². The largest absolute Gasteiger partial charge is 0.305 e. The first-order valence-corrected chi connectivity index (χ1v) is 8.70. The second-order valence-electron chi connectivity index (χ2n) is 5.32. The highest BCUT2D eigenvalue weighted by Crippen LogP contribution is 2.27. The Morgan fingerprint density at radius 2 is 1.86 bits per heavy atom. The molecule has 0 aliphatic rings. The normalized spacial score (nSPS) is 12.5. The maximum absolute atomic E-state index is 4.26. The standard InChI is InChI=1S/C17H25N3S/c1-4-7-13-8-10-14(11-9-13)16(18-12-5-2)17-15(6-3)19-20-21-17/h8-11,16,18H,4-7,12H2,1-3H3. The third-order valence-corrected chi connectivity index (χ3v) is 4.46. The van der Waals surface area contributed by atoms with Crippen molar-refractivity contribution in [3.05, 3.63) is 46.0 Å². The quantitative estimate of drug-likeness (QED) is 0.796. The lowest BCUT2D eigenvalue weighted by atomic mass is 10.0. The average Bonchev–Trinajstić information content (AvgIpc) is 2.98. The van der Waals surface area contributed by atoms with Gasteiger partial charge in [0, 0.05) is 0 Å². The van der Waals surface area contributed by atoms with Gasteiger partial charge in [-0.1, -0.05) is 55.9 Å². The summed E-state index contributed by atoms with van der Waals surface area (Å²) in [6.45, 7) is 7.56. The Morgan fingerprint density at radius 1 is 1.10 bits per heavy atom. The van der Waals surface area contributed by atoms with Crippen LogP contribution in [-0.4, -0.2) is 16.1 Å². The third-order valence-electron chi connectivity index (χ3n) is 3.63. The van der Waals surface area contributed by atoms with E-state index >= 15 is 0 Å². The summed E-state index contributed by atoms with van der Waals surface area (Å²) >= 11 is 1.52. The highest BCUT2D eigenvalue weighted by molar-refractivity contribution is 7.05. The maximum Gasteiger partial charge on any atom is 0.0804 e. The van der Waals surface area contributed by atoms with Crippen LogP contribution in [0, 0.1) is 0 Å². The zero-order chi connectivity index (χ0) is 15.1. The SMILES string of the molecule is CCCNC(c1ccc(CCC)cc1)c1snnc1CC.